The number of hydrogen-bond acceptors (Lipinski definition) is 2. The summed E-state index contributed by atoms with van der Waals surface area (Å²) in [4.78, 5) is 17.8. The lowest BCUT2D eigenvalue weighted by Crippen LogP contribution is -2.31. The molecule has 104 valence electrons. The number of benzene rings is 1. The van der Waals surface area contributed by atoms with Gasteiger partial charge >= 0.3 is 0 Å². The molecule has 0 radical (unpaired) electrons. The SMILES string of the molecule is O=C(c1cccc2[nH]ccc12)N1CC2CCC(O)C2C1. The van der Waals surface area contributed by atoms with Crippen LogP contribution >= 0.6 is 0 Å². The predicted octanol–water partition coefficient (Wildman–Crippen LogP) is 2.01. The Morgan fingerprint density at radius 2 is 2.15 bits per heavy atom. The Labute approximate surface area is 117 Å². The highest BCUT2D eigenvalue weighted by Crippen LogP contribution is 2.38. The van der Waals surface area contributed by atoms with Crippen molar-refractivity contribution in [1.82, 2.24) is 9.88 Å². The number of rotatable bonds is 1. The second kappa shape index (κ2) is 4.35. The minimum atomic E-state index is -0.221. The largest absolute Gasteiger partial charge is 0.393 e. The number of likely N-dealkylation sites (tertiary alicyclic amines) is 1. The van der Waals surface area contributed by atoms with Crippen LogP contribution in [0.25, 0.3) is 10.9 Å². The summed E-state index contributed by atoms with van der Waals surface area (Å²) in [6, 6.07) is 7.74. The highest BCUT2D eigenvalue weighted by Gasteiger charge is 2.43. The Morgan fingerprint density at radius 1 is 1.25 bits per heavy atom. The van der Waals surface area contributed by atoms with Crippen molar-refractivity contribution in [2.24, 2.45) is 11.8 Å². The lowest BCUT2D eigenvalue weighted by Gasteiger charge is -2.19. The molecule has 2 aliphatic rings. The van der Waals surface area contributed by atoms with Gasteiger partial charge in [-0.25, -0.2) is 0 Å². The van der Waals surface area contributed by atoms with E-state index in [1.165, 1.54) is 0 Å². The minimum absolute atomic E-state index is 0.0943. The van der Waals surface area contributed by atoms with E-state index in [9.17, 15) is 9.90 Å². The average Bonchev–Trinajstić information content (AvgIpc) is 3.14. The molecule has 1 saturated heterocycles. The third kappa shape index (κ3) is 1.68. The minimum Gasteiger partial charge on any atom is -0.393 e. The summed E-state index contributed by atoms with van der Waals surface area (Å²) < 4.78 is 0. The lowest BCUT2D eigenvalue weighted by atomic mass is 10.00. The van der Waals surface area contributed by atoms with E-state index >= 15 is 0 Å². The maximum atomic E-state index is 12.7. The first-order valence-electron chi connectivity index (χ1n) is 7.27. The number of nitrogens with one attached hydrogen (secondary N) is 1. The highest BCUT2D eigenvalue weighted by molar-refractivity contribution is 6.06. The van der Waals surface area contributed by atoms with Crippen molar-refractivity contribution in [3.63, 3.8) is 0 Å². The van der Waals surface area contributed by atoms with Crippen molar-refractivity contribution in [3.8, 4) is 0 Å². The molecule has 2 aromatic rings. The van der Waals surface area contributed by atoms with Gasteiger partial charge in [0, 0.05) is 41.7 Å². The summed E-state index contributed by atoms with van der Waals surface area (Å²) in [5.41, 5.74) is 1.76. The first kappa shape index (κ1) is 12.0. The van der Waals surface area contributed by atoms with Crippen LogP contribution in [0.3, 0.4) is 0 Å². The maximum absolute atomic E-state index is 12.7. The van der Waals surface area contributed by atoms with Gasteiger partial charge in [-0.05, 0) is 37.0 Å². The highest BCUT2D eigenvalue weighted by atomic mass is 16.3. The molecule has 3 atom stereocenters. The van der Waals surface area contributed by atoms with Gasteiger partial charge < -0.3 is 15.0 Å². The molecule has 2 N–H and O–H groups in total. The smallest absolute Gasteiger partial charge is 0.254 e. The number of hydrogen-bond donors (Lipinski definition) is 2. The molecule has 4 rings (SSSR count). The summed E-state index contributed by atoms with van der Waals surface area (Å²) >= 11 is 0. The molecule has 1 aliphatic carbocycles. The van der Waals surface area contributed by atoms with Crippen molar-refractivity contribution in [1.29, 1.82) is 0 Å². The Bertz CT molecular complexity index is 663. The van der Waals surface area contributed by atoms with E-state index in [0.29, 0.717) is 12.5 Å². The Hall–Kier alpha value is -1.81. The van der Waals surface area contributed by atoms with E-state index in [-0.39, 0.29) is 17.9 Å². The number of nitrogens with zero attached hydrogens (tertiary/aromatic N) is 1. The molecule has 2 fully saturated rings. The summed E-state index contributed by atoms with van der Waals surface area (Å²) in [7, 11) is 0. The van der Waals surface area contributed by atoms with Crippen LogP contribution in [0, 0.1) is 11.8 Å². The lowest BCUT2D eigenvalue weighted by molar-refractivity contribution is 0.0754. The Balaban J connectivity index is 1.64. The number of H-pyrrole nitrogens is 1. The third-order valence-corrected chi connectivity index (χ3v) is 4.93. The molecule has 3 unspecified atom stereocenters. The molecule has 20 heavy (non-hydrogen) atoms. The summed E-state index contributed by atoms with van der Waals surface area (Å²) in [6.45, 7) is 1.49. The van der Waals surface area contributed by atoms with Crippen LogP contribution in [0.2, 0.25) is 0 Å². The van der Waals surface area contributed by atoms with Gasteiger partial charge in [-0.3, -0.25) is 4.79 Å². The summed E-state index contributed by atoms with van der Waals surface area (Å²) in [5.74, 6) is 0.862. The Kier molecular flexibility index (Phi) is 2.60. The van der Waals surface area contributed by atoms with Crippen LogP contribution in [0.4, 0.5) is 0 Å². The van der Waals surface area contributed by atoms with Gasteiger partial charge in [0.2, 0.25) is 0 Å². The number of fused-ring (bicyclic) bond motifs is 2. The van der Waals surface area contributed by atoms with Gasteiger partial charge in [0.25, 0.3) is 5.91 Å². The molecule has 4 heteroatoms. The molecular weight excluding hydrogens is 252 g/mol. The quantitative estimate of drug-likeness (QED) is 0.833. The van der Waals surface area contributed by atoms with Crippen LogP contribution in [-0.2, 0) is 0 Å². The molecule has 2 heterocycles. The van der Waals surface area contributed by atoms with E-state index in [1.807, 2.05) is 35.4 Å². The van der Waals surface area contributed by atoms with E-state index in [1.54, 1.807) is 0 Å². The molecule has 0 bridgehead atoms. The number of aliphatic hydroxyl groups excluding tert-OH is 1. The molecule has 0 spiro atoms. The molecule has 1 aromatic heterocycles. The zero-order valence-electron chi connectivity index (χ0n) is 11.2. The second-order valence-electron chi connectivity index (χ2n) is 6.02. The predicted molar refractivity (Wildman–Crippen MR) is 76.4 cm³/mol. The first-order valence-corrected chi connectivity index (χ1v) is 7.27. The normalized spacial score (nSPS) is 29.1. The van der Waals surface area contributed by atoms with Gasteiger partial charge in [-0.2, -0.15) is 0 Å². The number of amides is 1. The van der Waals surface area contributed by atoms with Crippen LogP contribution in [-0.4, -0.2) is 40.1 Å². The monoisotopic (exact) mass is 270 g/mol. The zero-order chi connectivity index (χ0) is 13.7. The topological polar surface area (TPSA) is 56.3 Å². The van der Waals surface area contributed by atoms with Gasteiger partial charge in [0.05, 0.1) is 6.10 Å². The maximum Gasteiger partial charge on any atom is 0.254 e. The average molecular weight is 270 g/mol. The van der Waals surface area contributed by atoms with Gasteiger partial charge in [-0.1, -0.05) is 6.07 Å². The van der Waals surface area contributed by atoms with Crippen LogP contribution < -0.4 is 0 Å². The summed E-state index contributed by atoms with van der Waals surface area (Å²) in [5, 5.41) is 10.9. The standard InChI is InChI=1S/C16H18N2O2/c19-15-5-4-10-8-18(9-13(10)15)16(20)12-2-1-3-14-11(12)6-7-17-14/h1-3,6-7,10,13,15,17,19H,4-5,8-9H2. The van der Waals surface area contributed by atoms with E-state index in [0.717, 1.165) is 35.9 Å². The summed E-state index contributed by atoms with van der Waals surface area (Å²) in [6.07, 6.45) is 3.58. The van der Waals surface area contributed by atoms with Gasteiger partial charge in [0.1, 0.15) is 0 Å². The number of aromatic nitrogens is 1. The van der Waals surface area contributed by atoms with Gasteiger partial charge in [0.15, 0.2) is 0 Å². The second-order valence-corrected chi connectivity index (χ2v) is 6.02. The number of aromatic amines is 1. The fourth-order valence-electron chi connectivity index (χ4n) is 3.84. The molecule has 1 aromatic carbocycles. The third-order valence-electron chi connectivity index (χ3n) is 4.93. The van der Waals surface area contributed by atoms with Crippen molar-refractivity contribution in [2.45, 2.75) is 18.9 Å². The van der Waals surface area contributed by atoms with Crippen LogP contribution in [0.5, 0.6) is 0 Å². The fraction of sp³-hybridized carbons (Fsp3) is 0.438. The molecule has 1 amide bonds. The fourth-order valence-corrected chi connectivity index (χ4v) is 3.84. The molecule has 1 saturated carbocycles. The van der Waals surface area contributed by atoms with E-state index in [4.69, 9.17) is 0 Å². The molecule has 4 nitrogen and oxygen atoms in total. The van der Waals surface area contributed by atoms with Crippen molar-refractivity contribution < 1.29 is 9.90 Å². The molecule has 1 aliphatic heterocycles. The van der Waals surface area contributed by atoms with Gasteiger partial charge in [-0.15, -0.1) is 0 Å². The van der Waals surface area contributed by atoms with Crippen LogP contribution in [0.1, 0.15) is 23.2 Å². The number of carbonyl (C=O) groups is 1. The molecular formula is C16H18N2O2. The van der Waals surface area contributed by atoms with Crippen molar-refractivity contribution in [2.75, 3.05) is 13.1 Å². The van der Waals surface area contributed by atoms with Crippen LogP contribution in [0.15, 0.2) is 30.5 Å². The zero-order valence-corrected chi connectivity index (χ0v) is 11.2. The van der Waals surface area contributed by atoms with Crippen molar-refractivity contribution >= 4 is 16.8 Å². The Morgan fingerprint density at radius 3 is 3.00 bits per heavy atom. The van der Waals surface area contributed by atoms with E-state index < -0.39 is 0 Å². The number of carbonyl (C=O) groups excluding carboxylic acids is 1. The van der Waals surface area contributed by atoms with E-state index in [2.05, 4.69) is 4.98 Å². The van der Waals surface area contributed by atoms with Crippen molar-refractivity contribution in [3.05, 3.63) is 36.0 Å². The first-order chi connectivity index (χ1) is 9.74. The number of aliphatic hydroxyl groups is 1.